The Morgan fingerprint density at radius 3 is 3.09 bits per heavy atom. The minimum absolute atomic E-state index is 0.0162. The van der Waals surface area contributed by atoms with Gasteiger partial charge in [0.2, 0.25) is 0 Å². The Kier molecular flexibility index (Phi) is 3.45. The first kappa shape index (κ1) is 13.9. The summed E-state index contributed by atoms with van der Waals surface area (Å²) >= 11 is 0. The van der Waals surface area contributed by atoms with E-state index in [2.05, 4.69) is 10.2 Å². The Morgan fingerprint density at radius 2 is 2.23 bits per heavy atom. The lowest BCUT2D eigenvalue weighted by Crippen LogP contribution is -2.47. The van der Waals surface area contributed by atoms with E-state index in [-0.39, 0.29) is 18.1 Å². The van der Waals surface area contributed by atoms with Gasteiger partial charge in [0.05, 0.1) is 0 Å². The predicted molar refractivity (Wildman–Crippen MR) is 82.4 cm³/mol. The molecule has 22 heavy (non-hydrogen) atoms. The van der Waals surface area contributed by atoms with Crippen molar-refractivity contribution in [2.75, 3.05) is 26.2 Å². The highest BCUT2D eigenvalue weighted by molar-refractivity contribution is 5.95. The molecule has 1 amide bonds. The molecule has 0 saturated carbocycles. The first-order chi connectivity index (χ1) is 10.7. The van der Waals surface area contributed by atoms with E-state index in [0.717, 1.165) is 24.6 Å². The van der Waals surface area contributed by atoms with Crippen LogP contribution in [0.3, 0.4) is 0 Å². The van der Waals surface area contributed by atoms with Gasteiger partial charge in [0.15, 0.2) is 11.5 Å². The van der Waals surface area contributed by atoms with Gasteiger partial charge in [0.25, 0.3) is 5.91 Å². The number of carbonyl (C=O) groups is 1. The van der Waals surface area contributed by atoms with Crippen molar-refractivity contribution >= 4 is 5.91 Å². The number of hydrogen-bond acceptors (Lipinski definition) is 4. The van der Waals surface area contributed by atoms with Crippen LogP contribution in [0.25, 0.3) is 0 Å². The van der Waals surface area contributed by atoms with Crippen molar-refractivity contribution < 1.29 is 14.3 Å². The van der Waals surface area contributed by atoms with E-state index in [0.29, 0.717) is 17.9 Å². The third-order valence-corrected chi connectivity index (χ3v) is 4.81. The van der Waals surface area contributed by atoms with Crippen molar-refractivity contribution in [3.63, 3.8) is 0 Å². The Morgan fingerprint density at radius 1 is 1.32 bits per heavy atom. The number of carbonyl (C=O) groups excluding carboxylic acids is 1. The third-order valence-electron chi connectivity index (χ3n) is 4.81. The van der Waals surface area contributed by atoms with Gasteiger partial charge in [-0.15, -0.1) is 0 Å². The first-order valence-corrected chi connectivity index (χ1v) is 8.14. The van der Waals surface area contributed by atoms with Crippen LogP contribution in [-0.4, -0.2) is 49.2 Å². The van der Waals surface area contributed by atoms with Crippen molar-refractivity contribution in [1.29, 1.82) is 0 Å². The summed E-state index contributed by atoms with van der Waals surface area (Å²) in [5.41, 5.74) is 0.643. The molecule has 2 fully saturated rings. The van der Waals surface area contributed by atoms with Crippen LogP contribution in [-0.2, 0) is 0 Å². The summed E-state index contributed by atoms with van der Waals surface area (Å²) in [7, 11) is 0. The molecule has 5 heteroatoms. The van der Waals surface area contributed by atoms with Gasteiger partial charge in [-0.1, -0.05) is 0 Å². The van der Waals surface area contributed by atoms with Gasteiger partial charge in [0.1, 0.15) is 12.7 Å². The molecule has 3 heterocycles. The zero-order chi connectivity index (χ0) is 15.1. The van der Waals surface area contributed by atoms with Crippen LogP contribution in [0.1, 0.15) is 30.1 Å². The van der Waals surface area contributed by atoms with Crippen LogP contribution >= 0.6 is 0 Å². The maximum absolute atomic E-state index is 12.5. The number of benzene rings is 1. The zero-order valence-electron chi connectivity index (χ0n) is 12.9. The smallest absolute Gasteiger partial charge is 0.251 e. The Hall–Kier alpha value is -1.75. The molecule has 0 spiro atoms. The normalized spacial score (nSPS) is 32.6. The van der Waals surface area contributed by atoms with E-state index in [1.165, 1.54) is 19.5 Å². The standard InChI is InChI=1S/C17H22N2O3/c1-11-10-21-16-7-13(2-3-15(16)22-11)17(20)18-14-6-12-4-5-19(8-12)9-14/h2-3,7,11-12,14H,4-6,8-10H2,1H3,(H,18,20)/t11?,12-,14+/m0/s1. The fraction of sp³-hybridized carbons (Fsp3) is 0.588. The Bertz CT molecular complexity index is 577. The molecular formula is C17H22N2O3. The molecular weight excluding hydrogens is 280 g/mol. The molecule has 2 saturated heterocycles. The summed E-state index contributed by atoms with van der Waals surface area (Å²) in [4.78, 5) is 14.9. The highest BCUT2D eigenvalue weighted by Gasteiger charge is 2.33. The number of fused-ring (bicyclic) bond motifs is 3. The van der Waals surface area contributed by atoms with Gasteiger partial charge in [0, 0.05) is 24.7 Å². The number of nitrogens with zero attached hydrogens (tertiary/aromatic N) is 1. The SMILES string of the molecule is CC1COc2cc(C(=O)N[C@@H]3C[C@@H]4CCN(C4)C3)ccc2O1. The van der Waals surface area contributed by atoms with Crippen molar-refractivity contribution in [3.8, 4) is 11.5 Å². The highest BCUT2D eigenvalue weighted by atomic mass is 16.6. The predicted octanol–water partition coefficient (Wildman–Crippen LogP) is 1.67. The van der Waals surface area contributed by atoms with Crippen LogP contribution in [0.2, 0.25) is 0 Å². The fourth-order valence-corrected chi connectivity index (χ4v) is 3.75. The first-order valence-electron chi connectivity index (χ1n) is 8.14. The summed E-state index contributed by atoms with van der Waals surface area (Å²) in [6.45, 7) is 5.85. The van der Waals surface area contributed by atoms with E-state index in [1.54, 1.807) is 6.07 Å². The summed E-state index contributed by atoms with van der Waals surface area (Å²) in [5.74, 6) is 2.12. The van der Waals surface area contributed by atoms with E-state index in [1.807, 2.05) is 19.1 Å². The molecule has 4 rings (SSSR count). The third kappa shape index (κ3) is 2.65. The maximum atomic E-state index is 12.5. The summed E-state index contributed by atoms with van der Waals surface area (Å²) in [6, 6.07) is 5.69. The molecule has 0 aromatic heterocycles. The molecule has 4 atom stereocenters. The van der Waals surface area contributed by atoms with E-state index in [4.69, 9.17) is 9.47 Å². The lowest BCUT2D eigenvalue weighted by molar-refractivity contribution is 0.0904. The number of nitrogens with one attached hydrogen (secondary N) is 1. The molecule has 118 valence electrons. The van der Waals surface area contributed by atoms with Crippen molar-refractivity contribution in [2.45, 2.75) is 31.9 Å². The van der Waals surface area contributed by atoms with Crippen molar-refractivity contribution in [1.82, 2.24) is 10.2 Å². The quantitative estimate of drug-likeness (QED) is 0.903. The lowest BCUT2D eigenvalue weighted by Gasteiger charge is -2.30. The number of rotatable bonds is 2. The molecule has 1 N–H and O–H groups in total. The highest BCUT2D eigenvalue weighted by Crippen LogP contribution is 2.32. The monoisotopic (exact) mass is 302 g/mol. The Balaban J connectivity index is 1.44. The Labute approximate surface area is 130 Å². The molecule has 2 bridgehead atoms. The topological polar surface area (TPSA) is 50.8 Å². The average Bonchev–Trinajstić information content (AvgIpc) is 2.85. The van der Waals surface area contributed by atoms with Gasteiger partial charge in [-0.3, -0.25) is 4.79 Å². The molecule has 2 unspecified atom stereocenters. The molecule has 5 nitrogen and oxygen atoms in total. The van der Waals surface area contributed by atoms with E-state index >= 15 is 0 Å². The molecule has 1 aromatic carbocycles. The summed E-state index contributed by atoms with van der Waals surface area (Å²) in [5, 5.41) is 3.17. The van der Waals surface area contributed by atoms with Crippen LogP contribution in [0.5, 0.6) is 11.5 Å². The van der Waals surface area contributed by atoms with E-state index < -0.39 is 0 Å². The van der Waals surface area contributed by atoms with Crippen LogP contribution in [0.4, 0.5) is 0 Å². The molecule has 0 aliphatic carbocycles. The average molecular weight is 302 g/mol. The second-order valence-corrected chi connectivity index (χ2v) is 6.72. The largest absolute Gasteiger partial charge is 0.486 e. The van der Waals surface area contributed by atoms with Crippen molar-refractivity contribution in [2.24, 2.45) is 5.92 Å². The zero-order valence-corrected chi connectivity index (χ0v) is 12.9. The van der Waals surface area contributed by atoms with Crippen LogP contribution in [0, 0.1) is 5.92 Å². The fourth-order valence-electron chi connectivity index (χ4n) is 3.75. The van der Waals surface area contributed by atoms with Crippen LogP contribution in [0.15, 0.2) is 18.2 Å². The van der Waals surface area contributed by atoms with Gasteiger partial charge < -0.3 is 19.7 Å². The second kappa shape index (κ2) is 5.47. The van der Waals surface area contributed by atoms with Gasteiger partial charge in [-0.25, -0.2) is 0 Å². The molecule has 3 aliphatic heterocycles. The van der Waals surface area contributed by atoms with Crippen LogP contribution < -0.4 is 14.8 Å². The number of piperidine rings is 1. The van der Waals surface area contributed by atoms with Gasteiger partial charge in [-0.05, 0) is 50.4 Å². The van der Waals surface area contributed by atoms with Crippen molar-refractivity contribution in [3.05, 3.63) is 23.8 Å². The molecule has 0 radical (unpaired) electrons. The molecule has 1 aromatic rings. The van der Waals surface area contributed by atoms with Gasteiger partial charge >= 0.3 is 0 Å². The minimum Gasteiger partial charge on any atom is -0.486 e. The summed E-state index contributed by atoms with van der Waals surface area (Å²) < 4.78 is 11.3. The number of hydrogen-bond donors (Lipinski definition) is 1. The lowest BCUT2D eigenvalue weighted by atomic mass is 9.96. The number of amides is 1. The maximum Gasteiger partial charge on any atom is 0.251 e. The molecule has 3 aliphatic rings. The number of ether oxygens (including phenoxy) is 2. The minimum atomic E-state index is -0.0162. The summed E-state index contributed by atoms with van der Waals surface area (Å²) in [6.07, 6.45) is 2.43. The van der Waals surface area contributed by atoms with Gasteiger partial charge in [-0.2, -0.15) is 0 Å². The van der Waals surface area contributed by atoms with E-state index in [9.17, 15) is 4.79 Å². The second-order valence-electron chi connectivity index (χ2n) is 6.72.